The molecule has 50 heavy (non-hydrogen) atoms. The summed E-state index contributed by atoms with van der Waals surface area (Å²) >= 11 is 13.0. The van der Waals surface area contributed by atoms with Gasteiger partial charge in [0.05, 0.1) is 20.8 Å². The van der Waals surface area contributed by atoms with Crippen molar-refractivity contribution in [2.75, 3.05) is 11.5 Å². The molecule has 0 fully saturated rings. The van der Waals surface area contributed by atoms with Crippen LogP contribution >= 0.6 is 23.2 Å². The summed E-state index contributed by atoms with van der Waals surface area (Å²) in [5, 5.41) is 38.3. The van der Waals surface area contributed by atoms with Gasteiger partial charge in [0.1, 0.15) is 32.5 Å². The van der Waals surface area contributed by atoms with Gasteiger partial charge < -0.3 is 21.7 Å². The number of benzene rings is 6. The molecule has 6 aromatic carbocycles. The Morgan fingerprint density at radius 1 is 0.500 bits per heavy atom. The third kappa shape index (κ3) is 6.50. The molecule has 0 aliphatic carbocycles. The predicted molar refractivity (Wildman–Crippen MR) is 190 cm³/mol. The maximum atomic E-state index is 11.8. The number of hydrogen-bond acceptors (Lipinski definition) is 12. The van der Waals surface area contributed by atoms with Crippen LogP contribution in [0.5, 0.6) is 11.5 Å². The van der Waals surface area contributed by atoms with Gasteiger partial charge in [-0.2, -0.15) is 16.8 Å². The van der Waals surface area contributed by atoms with Gasteiger partial charge in [-0.25, -0.2) is 0 Å². The van der Waals surface area contributed by atoms with Gasteiger partial charge in [0.25, 0.3) is 20.2 Å². The lowest BCUT2D eigenvalue weighted by Crippen LogP contribution is -2.00. The summed E-state index contributed by atoms with van der Waals surface area (Å²) in [7, 11) is -9.18. The van der Waals surface area contributed by atoms with Crippen LogP contribution < -0.4 is 11.5 Å². The SMILES string of the molecule is Nc1ccc(S(=O)(=O)O)c2ccc(N=Nc3ccc(-c4ccc(N=Nc5ccc6c(S(=O)(=O)O)ccc(N)c6c5O)c(Cl)c4)cc3Cl)c(O)c12. The Labute approximate surface area is 293 Å². The standard InChI is InChI=1S/C32H22Cl2N6O8S2/c33-19-13-15(1-7-23(19)37-39-25-9-3-17-27(49(43,44)45)11-5-21(35)29(17)31(25)41)16-2-8-24(20(34)14-16)38-40-26-10-4-18-28(50(46,47)48)12-6-22(36)30(18)32(26)42/h1-14,41-42H,35-36H2,(H,43,44,45)(H,46,47,48). The molecule has 0 bridgehead atoms. The number of phenolic OH excluding ortho intramolecular Hbond substituents is 2. The Kier molecular flexibility index (Phi) is 8.85. The van der Waals surface area contributed by atoms with Crippen molar-refractivity contribution in [3.8, 4) is 22.6 Å². The van der Waals surface area contributed by atoms with Gasteiger partial charge in [0.2, 0.25) is 0 Å². The molecule has 0 unspecified atom stereocenters. The zero-order valence-corrected chi connectivity index (χ0v) is 28.2. The second-order valence-electron chi connectivity index (χ2n) is 10.7. The Morgan fingerprint density at radius 2 is 0.840 bits per heavy atom. The van der Waals surface area contributed by atoms with Crippen molar-refractivity contribution in [3.05, 3.63) is 95.0 Å². The summed E-state index contributed by atoms with van der Waals surface area (Å²) in [5.74, 6) is -0.889. The number of rotatable bonds is 7. The van der Waals surface area contributed by atoms with Crippen molar-refractivity contribution in [1.29, 1.82) is 0 Å². The van der Waals surface area contributed by atoms with Gasteiger partial charge >= 0.3 is 0 Å². The van der Waals surface area contributed by atoms with E-state index in [1.165, 1.54) is 36.4 Å². The zero-order chi connectivity index (χ0) is 36.1. The maximum absolute atomic E-state index is 11.8. The molecular formula is C32H22Cl2N6O8S2. The largest absolute Gasteiger partial charge is 0.505 e. The topological polar surface area (TPSA) is 251 Å². The van der Waals surface area contributed by atoms with E-state index < -0.39 is 41.5 Å². The van der Waals surface area contributed by atoms with E-state index in [1.54, 1.807) is 36.4 Å². The number of halogens is 2. The summed E-state index contributed by atoms with van der Waals surface area (Å²) in [5.41, 5.74) is 13.8. The van der Waals surface area contributed by atoms with E-state index in [9.17, 15) is 36.2 Å². The van der Waals surface area contributed by atoms with Crippen LogP contribution in [0.4, 0.5) is 34.1 Å². The van der Waals surface area contributed by atoms with Gasteiger partial charge in [-0.15, -0.1) is 20.5 Å². The third-order valence-corrected chi connectivity index (χ3v) is 9.99. The number of phenols is 2. The number of hydrogen-bond donors (Lipinski definition) is 6. The number of nitrogen functional groups attached to an aromatic ring is 2. The quantitative estimate of drug-likeness (QED) is 0.0513. The van der Waals surface area contributed by atoms with Crippen LogP contribution in [0.15, 0.2) is 115 Å². The average molecular weight is 754 g/mol. The molecule has 6 aromatic rings. The third-order valence-electron chi connectivity index (χ3n) is 7.57. The first-order valence-corrected chi connectivity index (χ1v) is 17.6. The molecule has 0 radical (unpaired) electrons. The average Bonchev–Trinajstić information content (AvgIpc) is 3.04. The first-order valence-electron chi connectivity index (χ1n) is 14.0. The fourth-order valence-corrected chi connectivity index (χ4v) is 7.01. The second kappa shape index (κ2) is 12.8. The highest BCUT2D eigenvalue weighted by molar-refractivity contribution is 7.86. The zero-order valence-electron chi connectivity index (χ0n) is 25.0. The Balaban J connectivity index is 1.25. The first kappa shape index (κ1) is 34.5. The van der Waals surface area contributed by atoms with Gasteiger partial charge in [-0.1, -0.05) is 47.5 Å². The van der Waals surface area contributed by atoms with Crippen molar-refractivity contribution in [2.45, 2.75) is 9.79 Å². The van der Waals surface area contributed by atoms with Crippen LogP contribution in [0.2, 0.25) is 10.0 Å². The molecule has 0 spiro atoms. The van der Waals surface area contributed by atoms with Crippen molar-refractivity contribution in [1.82, 2.24) is 0 Å². The number of azo groups is 2. The predicted octanol–water partition coefficient (Wildman–Crippen LogP) is 8.87. The van der Waals surface area contributed by atoms with Crippen LogP contribution in [-0.2, 0) is 20.2 Å². The van der Waals surface area contributed by atoms with Crippen LogP contribution in [0, 0.1) is 0 Å². The van der Waals surface area contributed by atoms with E-state index in [0.29, 0.717) is 11.1 Å². The van der Waals surface area contributed by atoms with E-state index in [4.69, 9.17) is 34.7 Å². The van der Waals surface area contributed by atoms with E-state index in [1.807, 2.05) is 0 Å². The smallest absolute Gasteiger partial charge is 0.295 e. The Hall–Kier alpha value is -5.36. The molecule has 0 amide bonds. The fourth-order valence-electron chi connectivity index (χ4n) is 5.19. The molecule has 18 heteroatoms. The summed E-state index contributed by atoms with van der Waals surface area (Å²) in [4.78, 5) is -0.853. The number of fused-ring (bicyclic) bond motifs is 2. The minimum absolute atomic E-state index is 0.00590. The van der Waals surface area contributed by atoms with Crippen molar-refractivity contribution >= 4 is 99.1 Å². The van der Waals surface area contributed by atoms with Gasteiger partial charge in [-0.3, -0.25) is 9.11 Å². The lowest BCUT2D eigenvalue weighted by Gasteiger charge is -2.10. The van der Waals surface area contributed by atoms with Crippen molar-refractivity contribution < 1.29 is 36.2 Å². The summed E-state index contributed by atoms with van der Waals surface area (Å²) in [6.07, 6.45) is 0. The van der Waals surface area contributed by atoms with E-state index in [-0.39, 0.29) is 65.7 Å². The molecule has 8 N–H and O–H groups in total. The molecule has 0 heterocycles. The minimum atomic E-state index is -4.59. The Morgan fingerprint density at radius 3 is 1.18 bits per heavy atom. The van der Waals surface area contributed by atoms with E-state index in [0.717, 1.165) is 12.1 Å². The minimum Gasteiger partial charge on any atom is -0.505 e. The van der Waals surface area contributed by atoms with Gasteiger partial charge in [-0.05, 0) is 71.8 Å². The number of anilines is 2. The van der Waals surface area contributed by atoms with Gasteiger partial charge in [0, 0.05) is 22.1 Å². The highest BCUT2D eigenvalue weighted by Crippen LogP contribution is 2.43. The molecule has 0 saturated heterocycles. The maximum Gasteiger partial charge on any atom is 0.295 e. The highest BCUT2D eigenvalue weighted by Gasteiger charge is 2.20. The molecule has 0 aliphatic rings. The van der Waals surface area contributed by atoms with Crippen molar-refractivity contribution in [2.24, 2.45) is 20.5 Å². The van der Waals surface area contributed by atoms with Crippen LogP contribution in [-0.4, -0.2) is 36.2 Å². The molecule has 0 atom stereocenters. The second-order valence-corrected chi connectivity index (χ2v) is 14.3. The number of aromatic hydroxyl groups is 2. The van der Waals surface area contributed by atoms with Crippen molar-refractivity contribution in [3.63, 3.8) is 0 Å². The molecule has 0 saturated carbocycles. The van der Waals surface area contributed by atoms with Crippen LogP contribution in [0.1, 0.15) is 0 Å². The highest BCUT2D eigenvalue weighted by atomic mass is 35.5. The molecule has 6 rings (SSSR count). The van der Waals surface area contributed by atoms with Crippen LogP contribution in [0.25, 0.3) is 32.7 Å². The lowest BCUT2D eigenvalue weighted by atomic mass is 10.0. The van der Waals surface area contributed by atoms with Gasteiger partial charge in [0.15, 0.2) is 11.5 Å². The molecular weight excluding hydrogens is 731 g/mol. The number of nitrogens with two attached hydrogens (primary N) is 2. The number of nitrogens with zero attached hydrogens (tertiary/aromatic N) is 4. The summed E-state index contributed by atoms with van der Waals surface area (Å²) < 4.78 is 66.1. The molecule has 254 valence electrons. The summed E-state index contributed by atoms with van der Waals surface area (Å²) in [6, 6.07) is 19.8. The molecule has 0 aliphatic heterocycles. The van der Waals surface area contributed by atoms with E-state index >= 15 is 0 Å². The molecule has 14 nitrogen and oxygen atoms in total. The summed E-state index contributed by atoms with van der Waals surface area (Å²) in [6.45, 7) is 0. The van der Waals surface area contributed by atoms with E-state index in [2.05, 4.69) is 20.5 Å². The Bertz CT molecular complexity index is 2500. The molecule has 0 aromatic heterocycles. The monoisotopic (exact) mass is 752 g/mol. The van der Waals surface area contributed by atoms with Crippen LogP contribution in [0.3, 0.4) is 0 Å². The first-order chi connectivity index (χ1) is 23.5. The lowest BCUT2D eigenvalue weighted by molar-refractivity contribution is 0.480. The fraction of sp³-hybridized carbons (Fsp3) is 0. The normalized spacial score (nSPS) is 12.5.